The van der Waals surface area contributed by atoms with Gasteiger partial charge in [-0.1, -0.05) is 146 Å². The van der Waals surface area contributed by atoms with Gasteiger partial charge >= 0.3 is 0 Å². The number of hydrogen-bond donors (Lipinski definition) is 0. The van der Waals surface area contributed by atoms with Crippen LogP contribution in [0.2, 0.25) is 0 Å². The largest absolute Gasteiger partial charge is 0.454 e. The second-order valence-corrected chi connectivity index (χ2v) is 13.9. The zero-order chi connectivity index (χ0) is 33.7. The van der Waals surface area contributed by atoms with Crippen molar-refractivity contribution >= 4 is 70.5 Å². The van der Waals surface area contributed by atoms with Crippen LogP contribution in [0.4, 0.5) is 17.1 Å². The molecule has 0 fully saturated rings. The number of thiophene rings is 1. The lowest BCUT2D eigenvalue weighted by Crippen LogP contribution is -2.10. The summed E-state index contributed by atoms with van der Waals surface area (Å²) < 4.78 is 9.38. The molecule has 3 heteroatoms. The van der Waals surface area contributed by atoms with Crippen molar-refractivity contribution in [2.75, 3.05) is 4.90 Å². The SMILES string of the molecule is c1ccc(-c2cccc(-c3ccc(N(c4ccc(-c5ccccc5)c5c4oc4ccccc45)c4cccc5c4sc4ccccc45)cc3)c2)cc1. The van der Waals surface area contributed by atoms with Crippen LogP contribution >= 0.6 is 11.3 Å². The van der Waals surface area contributed by atoms with E-state index in [4.69, 9.17) is 4.42 Å². The highest BCUT2D eigenvalue weighted by Gasteiger charge is 2.24. The topological polar surface area (TPSA) is 16.4 Å². The molecule has 240 valence electrons. The van der Waals surface area contributed by atoms with E-state index < -0.39 is 0 Å². The lowest BCUT2D eigenvalue weighted by atomic mass is 9.97. The van der Waals surface area contributed by atoms with Gasteiger partial charge in [0.25, 0.3) is 0 Å². The van der Waals surface area contributed by atoms with Crippen molar-refractivity contribution in [3.05, 3.63) is 188 Å². The molecule has 0 aliphatic heterocycles. The summed E-state index contributed by atoms with van der Waals surface area (Å²) in [6, 6.07) is 67.2. The normalized spacial score (nSPS) is 11.5. The Hall–Kier alpha value is -6.42. The van der Waals surface area contributed by atoms with Gasteiger partial charge in [0.2, 0.25) is 0 Å². The molecule has 2 nitrogen and oxygen atoms in total. The third-order valence-electron chi connectivity index (χ3n) is 9.88. The van der Waals surface area contributed by atoms with E-state index in [9.17, 15) is 0 Å². The Labute approximate surface area is 300 Å². The number of para-hydroxylation sites is 1. The molecule has 51 heavy (non-hydrogen) atoms. The van der Waals surface area contributed by atoms with E-state index in [-0.39, 0.29) is 0 Å². The van der Waals surface area contributed by atoms with Crippen molar-refractivity contribution in [1.82, 2.24) is 0 Å². The Morgan fingerprint density at radius 3 is 1.80 bits per heavy atom. The molecule has 2 heterocycles. The summed E-state index contributed by atoms with van der Waals surface area (Å²) in [7, 11) is 0. The number of nitrogens with zero attached hydrogens (tertiary/aromatic N) is 1. The molecule has 0 saturated heterocycles. The zero-order valence-electron chi connectivity index (χ0n) is 27.7. The summed E-state index contributed by atoms with van der Waals surface area (Å²) >= 11 is 1.84. The minimum Gasteiger partial charge on any atom is -0.454 e. The molecular formula is C48H31NOS. The Morgan fingerprint density at radius 1 is 0.412 bits per heavy atom. The molecule has 0 bridgehead atoms. The van der Waals surface area contributed by atoms with Crippen LogP contribution in [0.25, 0.3) is 75.5 Å². The Morgan fingerprint density at radius 2 is 1.02 bits per heavy atom. The third kappa shape index (κ3) is 5.01. The van der Waals surface area contributed by atoms with Crippen LogP contribution in [0.1, 0.15) is 0 Å². The number of rotatable bonds is 6. The fraction of sp³-hybridized carbons (Fsp3) is 0. The van der Waals surface area contributed by atoms with Gasteiger partial charge in [-0.3, -0.25) is 0 Å². The zero-order valence-corrected chi connectivity index (χ0v) is 28.5. The van der Waals surface area contributed by atoms with Gasteiger partial charge in [-0.25, -0.2) is 0 Å². The fourth-order valence-electron chi connectivity index (χ4n) is 7.48. The maximum Gasteiger partial charge on any atom is 0.160 e. The summed E-state index contributed by atoms with van der Waals surface area (Å²) in [6.07, 6.45) is 0. The van der Waals surface area contributed by atoms with Gasteiger partial charge in [-0.2, -0.15) is 0 Å². The first-order chi connectivity index (χ1) is 25.3. The quantitative estimate of drug-likeness (QED) is 0.175. The first kappa shape index (κ1) is 29.5. The van der Waals surface area contributed by atoms with Crippen LogP contribution in [0, 0.1) is 0 Å². The number of benzene rings is 8. The summed E-state index contributed by atoms with van der Waals surface area (Å²) in [6.45, 7) is 0. The molecular weight excluding hydrogens is 639 g/mol. The van der Waals surface area contributed by atoms with E-state index in [1.165, 1.54) is 48.0 Å². The van der Waals surface area contributed by atoms with E-state index in [0.717, 1.165) is 44.6 Å². The molecule has 0 amide bonds. The number of hydrogen-bond acceptors (Lipinski definition) is 3. The second kappa shape index (κ2) is 12.2. The molecule has 0 unspecified atom stereocenters. The summed E-state index contributed by atoms with van der Waals surface area (Å²) in [5.41, 5.74) is 12.1. The monoisotopic (exact) mass is 669 g/mol. The highest BCUT2D eigenvalue weighted by atomic mass is 32.1. The molecule has 0 saturated carbocycles. The molecule has 0 N–H and O–H groups in total. The van der Waals surface area contributed by atoms with Crippen molar-refractivity contribution in [2.45, 2.75) is 0 Å². The first-order valence-corrected chi connectivity index (χ1v) is 18.1. The molecule has 0 atom stereocenters. The second-order valence-electron chi connectivity index (χ2n) is 12.9. The minimum absolute atomic E-state index is 0.871. The lowest BCUT2D eigenvalue weighted by molar-refractivity contribution is 0.669. The highest BCUT2D eigenvalue weighted by molar-refractivity contribution is 7.26. The van der Waals surface area contributed by atoms with Gasteiger partial charge in [-0.15, -0.1) is 11.3 Å². The van der Waals surface area contributed by atoms with Crippen molar-refractivity contribution in [2.24, 2.45) is 0 Å². The molecule has 2 aromatic heterocycles. The average Bonchev–Trinajstić information content (AvgIpc) is 3.79. The third-order valence-corrected chi connectivity index (χ3v) is 11.1. The highest BCUT2D eigenvalue weighted by Crippen LogP contribution is 2.49. The molecule has 0 aliphatic carbocycles. The van der Waals surface area contributed by atoms with Gasteiger partial charge in [-0.05, 0) is 75.8 Å². The van der Waals surface area contributed by atoms with Crippen molar-refractivity contribution in [3.63, 3.8) is 0 Å². The predicted octanol–water partition coefficient (Wildman–Crippen LogP) is 14.4. The van der Waals surface area contributed by atoms with Crippen molar-refractivity contribution in [3.8, 4) is 33.4 Å². The van der Waals surface area contributed by atoms with Crippen LogP contribution in [0.15, 0.2) is 192 Å². The van der Waals surface area contributed by atoms with Gasteiger partial charge in [0.1, 0.15) is 5.58 Å². The lowest BCUT2D eigenvalue weighted by Gasteiger charge is -2.27. The van der Waals surface area contributed by atoms with Crippen molar-refractivity contribution < 1.29 is 4.42 Å². The summed E-state index contributed by atoms with van der Waals surface area (Å²) in [4.78, 5) is 2.39. The smallest absolute Gasteiger partial charge is 0.160 e. The first-order valence-electron chi connectivity index (χ1n) is 17.3. The average molecular weight is 670 g/mol. The van der Waals surface area contributed by atoms with Crippen molar-refractivity contribution in [1.29, 1.82) is 0 Å². The van der Waals surface area contributed by atoms with Gasteiger partial charge < -0.3 is 9.32 Å². The predicted molar refractivity (Wildman–Crippen MR) is 218 cm³/mol. The molecule has 0 aliphatic rings. The number of fused-ring (bicyclic) bond motifs is 6. The Kier molecular flexibility index (Phi) is 7.04. The Balaban J connectivity index is 1.20. The van der Waals surface area contributed by atoms with Crippen LogP contribution < -0.4 is 4.90 Å². The standard InChI is InChI=1S/C48H31NOS/c1-3-13-32(14-4-1)35-17-11-18-36(31-35)33-25-27-37(28-26-33)49(43-22-12-21-40-39-19-8-10-24-45(39)51-48(40)43)42-30-29-38(34-15-5-2-6-16-34)46-41-20-7-9-23-44(41)50-47(42)46/h1-31H. The van der Waals surface area contributed by atoms with Gasteiger partial charge in [0.05, 0.1) is 16.1 Å². The molecule has 0 spiro atoms. The van der Waals surface area contributed by atoms with Crippen LogP contribution in [0.5, 0.6) is 0 Å². The number of furan rings is 1. The summed E-state index contributed by atoms with van der Waals surface area (Å²) in [5.74, 6) is 0. The Bertz CT molecular complexity index is 2850. The fourth-order valence-corrected chi connectivity index (χ4v) is 8.68. The maximum atomic E-state index is 6.85. The summed E-state index contributed by atoms with van der Waals surface area (Å²) in [5, 5.41) is 4.77. The van der Waals surface area contributed by atoms with E-state index in [1.807, 2.05) is 17.4 Å². The van der Waals surface area contributed by atoms with E-state index in [2.05, 4.69) is 187 Å². The van der Waals surface area contributed by atoms with E-state index in [0.29, 0.717) is 0 Å². The molecule has 8 aromatic carbocycles. The van der Waals surface area contributed by atoms with Gasteiger partial charge in [0, 0.05) is 31.9 Å². The molecule has 10 rings (SSSR count). The minimum atomic E-state index is 0.871. The molecule has 0 radical (unpaired) electrons. The number of anilines is 3. The maximum absolute atomic E-state index is 6.85. The van der Waals surface area contributed by atoms with Crippen LogP contribution in [0.3, 0.4) is 0 Å². The van der Waals surface area contributed by atoms with E-state index in [1.54, 1.807) is 0 Å². The van der Waals surface area contributed by atoms with Gasteiger partial charge in [0.15, 0.2) is 5.58 Å². The van der Waals surface area contributed by atoms with E-state index >= 15 is 0 Å². The van der Waals surface area contributed by atoms with Crippen LogP contribution in [-0.4, -0.2) is 0 Å². The molecule has 10 aromatic rings. The van der Waals surface area contributed by atoms with Crippen LogP contribution in [-0.2, 0) is 0 Å².